The summed E-state index contributed by atoms with van der Waals surface area (Å²) in [5.41, 5.74) is 2.54. The van der Waals surface area contributed by atoms with Crippen LogP contribution in [0.25, 0.3) is 0 Å². The van der Waals surface area contributed by atoms with Gasteiger partial charge in [-0.1, -0.05) is 18.2 Å². The largest absolute Gasteiger partial charge is 0.497 e. The topological polar surface area (TPSA) is 55.4 Å². The van der Waals surface area contributed by atoms with Crippen LogP contribution in [-0.4, -0.2) is 21.3 Å². The van der Waals surface area contributed by atoms with E-state index >= 15 is 0 Å². The molecule has 0 fully saturated rings. The number of benzene rings is 2. The highest BCUT2D eigenvalue weighted by atomic mass is 79.9. The molecule has 2 aromatic rings. The van der Waals surface area contributed by atoms with Crippen LogP contribution in [0.1, 0.15) is 11.1 Å². The van der Waals surface area contributed by atoms with Crippen molar-refractivity contribution in [2.24, 2.45) is 0 Å². The molecule has 118 valence electrons. The number of aryl methyl sites for hydroxylation is 2. The number of halogens is 1. The molecule has 0 aliphatic heterocycles. The molecule has 0 aliphatic carbocycles. The third kappa shape index (κ3) is 4.74. The average Bonchev–Trinajstić information content (AvgIpc) is 2.48. The van der Waals surface area contributed by atoms with Gasteiger partial charge >= 0.3 is 0 Å². The minimum absolute atomic E-state index is 0.0144. The summed E-state index contributed by atoms with van der Waals surface area (Å²) in [4.78, 5) is 0. The highest BCUT2D eigenvalue weighted by Crippen LogP contribution is 2.24. The monoisotopic (exact) mass is 383 g/mol. The molecule has 0 aromatic heterocycles. The zero-order valence-corrected chi connectivity index (χ0v) is 14.9. The number of rotatable bonds is 6. The zero-order valence-electron chi connectivity index (χ0n) is 12.5. The van der Waals surface area contributed by atoms with Gasteiger partial charge in [-0.05, 0) is 64.7 Å². The van der Waals surface area contributed by atoms with Crippen LogP contribution in [0.4, 0.5) is 5.69 Å². The maximum absolute atomic E-state index is 12.2. The van der Waals surface area contributed by atoms with Gasteiger partial charge in [0.05, 0.1) is 18.6 Å². The summed E-state index contributed by atoms with van der Waals surface area (Å²) in [6.07, 6.45) is 0.427. The fourth-order valence-corrected chi connectivity index (χ4v) is 3.84. The quantitative estimate of drug-likeness (QED) is 0.825. The van der Waals surface area contributed by atoms with E-state index in [9.17, 15) is 8.42 Å². The van der Waals surface area contributed by atoms with Crippen LogP contribution in [0.5, 0.6) is 5.75 Å². The normalized spacial score (nSPS) is 11.2. The number of hydrogen-bond donors (Lipinski definition) is 1. The van der Waals surface area contributed by atoms with E-state index in [0.717, 1.165) is 21.3 Å². The molecule has 22 heavy (non-hydrogen) atoms. The van der Waals surface area contributed by atoms with Gasteiger partial charge in [0.2, 0.25) is 10.0 Å². The van der Waals surface area contributed by atoms with Crippen LogP contribution < -0.4 is 9.46 Å². The number of methoxy groups -OCH3 is 1. The molecule has 0 unspecified atom stereocenters. The lowest BCUT2D eigenvalue weighted by molar-refractivity contribution is 0.414. The lowest BCUT2D eigenvalue weighted by Crippen LogP contribution is -2.18. The summed E-state index contributed by atoms with van der Waals surface area (Å²) in [6.45, 7) is 1.95. The maximum Gasteiger partial charge on any atom is 0.233 e. The van der Waals surface area contributed by atoms with E-state index in [1.807, 2.05) is 43.3 Å². The molecule has 0 aliphatic rings. The van der Waals surface area contributed by atoms with Crippen molar-refractivity contribution in [3.63, 3.8) is 0 Å². The lowest BCUT2D eigenvalue weighted by atomic mass is 10.2. The summed E-state index contributed by atoms with van der Waals surface area (Å²) in [7, 11) is -1.82. The van der Waals surface area contributed by atoms with E-state index in [0.29, 0.717) is 12.1 Å². The molecule has 0 atom stereocenters. The molecule has 6 heteroatoms. The van der Waals surface area contributed by atoms with Gasteiger partial charge in [0, 0.05) is 4.47 Å². The Hall–Kier alpha value is -1.53. The molecular formula is C16H18BrNO3S. The molecule has 0 bridgehead atoms. The highest BCUT2D eigenvalue weighted by Gasteiger charge is 2.13. The maximum atomic E-state index is 12.2. The molecule has 0 radical (unpaired) electrons. The molecule has 0 spiro atoms. The van der Waals surface area contributed by atoms with Crippen LogP contribution in [0.15, 0.2) is 46.9 Å². The standard InChI is InChI=1S/C16H18BrNO3S/c1-12-6-7-16(15(17)10-12)18-22(19,20)9-8-13-4-3-5-14(11-13)21-2/h3-7,10-11,18H,8-9H2,1-2H3. The predicted molar refractivity (Wildman–Crippen MR) is 93.0 cm³/mol. The molecule has 0 saturated heterocycles. The summed E-state index contributed by atoms with van der Waals surface area (Å²) < 4.78 is 32.9. The number of sulfonamides is 1. The summed E-state index contributed by atoms with van der Waals surface area (Å²) in [6, 6.07) is 12.9. The third-order valence-corrected chi connectivity index (χ3v) is 5.11. The average molecular weight is 384 g/mol. The van der Waals surface area contributed by atoms with Crippen molar-refractivity contribution in [3.05, 3.63) is 58.1 Å². The van der Waals surface area contributed by atoms with E-state index in [1.54, 1.807) is 13.2 Å². The van der Waals surface area contributed by atoms with Crippen molar-refractivity contribution >= 4 is 31.6 Å². The van der Waals surface area contributed by atoms with Crippen molar-refractivity contribution in [1.82, 2.24) is 0 Å². The van der Waals surface area contributed by atoms with Crippen molar-refractivity contribution < 1.29 is 13.2 Å². The molecule has 0 heterocycles. The number of ether oxygens (including phenoxy) is 1. The second-order valence-electron chi connectivity index (χ2n) is 5.01. The Bertz CT molecular complexity index is 760. The summed E-state index contributed by atoms with van der Waals surface area (Å²) in [5.74, 6) is 0.740. The van der Waals surface area contributed by atoms with Crippen LogP contribution in [0, 0.1) is 6.92 Å². The van der Waals surface area contributed by atoms with Crippen LogP contribution in [0.3, 0.4) is 0 Å². The Kier molecular flexibility index (Phi) is 5.47. The van der Waals surface area contributed by atoms with E-state index in [-0.39, 0.29) is 5.75 Å². The minimum Gasteiger partial charge on any atom is -0.497 e. The fraction of sp³-hybridized carbons (Fsp3) is 0.250. The second kappa shape index (κ2) is 7.15. The Labute approximate surface area is 139 Å². The van der Waals surface area contributed by atoms with Crippen molar-refractivity contribution in [2.75, 3.05) is 17.6 Å². The fourth-order valence-electron chi connectivity index (χ4n) is 2.00. The van der Waals surface area contributed by atoms with E-state index in [4.69, 9.17) is 4.74 Å². The van der Waals surface area contributed by atoms with Crippen molar-refractivity contribution in [1.29, 1.82) is 0 Å². The first kappa shape index (κ1) is 16.8. The predicted octanol–water partition coefficient (Wildman–Crippen LogP) is 3.75. The van der Waals surface area contributed by atoms with Crippen molar-refractivity contribution in [3.8, 4) is 5.75 Å². The van der Waals surface area contributed by atoms with Crippen LogP contribution in [-0.2, 0) is 16.4 Å². The Morgan fingerprint density at radius 2 is 1.95 bits per heavy atom. The molecule has 0 saturated carbocycles. The minimum atomic E-state index is -3.41. The van der Waals surface area contributed by atoms with Gasteiger partial charge in [-0.2, -0.15) is 0 Å². The SMILES string of the molecule is COc1cccc(CCS(=O)(=O)Nc2ccc(C)cc2Br)c1. The van der Waals surface area contributed by atoms with Gasteiger partial charge in [0.1, 0.15) is 5.75 Å². The summed E-state index contributed by atoms with van der Waals surface area (Å²) in [5, 5.41) is 0. The van der Waals surface area contributed by atoms with E-state index in [1.165, 1.54) is 0 Å². The number of hydrogen-bond acceptors (Lipinski definition) is 3. The van der Waals surface area contributed by atoms with Crippen molar-refractivity contribution in [2.45, 2.75) is 13.3 Å². The molecular weight excluding hydrogens is 366 g/mol. The number of anilines is 1. The van der Waals surface area contributed by atoms with Gasteiger partial charge in [0.25, 0.3) is 0 Å². The highest BCUT2D eigenvalue weighted by molar-refractivity contribution is 9.10. The molecule has 0 amide bonds. The van der Waals surface area contributed by atoms with Gasteiger partial charge in [-0.15, -0.1) is 0 Å². The van der Waals surface area contributed by atoms with Crippen LogP contribution >= 0.6 is 15.9 Å². The van der Waals surface area contributed by atoms with Crippen LogP contribution in [0.2, 0.25) is 0 Å². The third-order valence-electron chi connectivity index (χ3n) is 3.18. The zero-order chi connectivity index (χ0) is 16.2. The lowest BCUT2D eigenvalue weighted by Gasteiger charge is -2.10. The van der Waals surface area contributed by atoms with E-state index in [2.05, 4.69) is 20.7 Å². The second-order valence-corrected chi connectivity index (χ2v) is 7.70. The smallest absolute Gasteiger partial charge is 0.233 e. The molecule has 2 rings (SSSR count). The Balaban J connectivity index is 2.04. The molecule has 2 aromatic carbocycles. The van der Waals surface area contributed by atoms with Gasteiger partial charge < -0.3 is 4.74 Å². The molecule has 1 N–H and O–H groups in total. The van der Waals surface area contributed by atoms with Gasteiger partial charge in [0.15, 0.2) is 0 Å². The van der Waals surface area contributed by atoms with E-state index < -0.39 is 10.0 Å². The van der Waals surface area contributed by atoms with Gasteiger partial charge in [-0.3, -0.25) is 4.72 Å². The Morgan fingerprint density at radius 3 is 2.64 bits per heavy atom. The summed E-state index contributed by atoms with van der Waals surface area (Å²) >= 11 is 3.37. The van der Waals surface area contributed by atoms with Gasteiger partial charge in [-0.25, -0.2) is 8.42 Å². The number of nitrogens with one attached hydrogen (secondary N) is 1. The molecule has 4 nitrogen and oxygen atoms in total. The first-order chi connectivity index (χ1) is 10.4. The Morgan fingerprint density at radius 1 is 1.18 bits per heavy atom. The first-order valence-corrected chi connectivity index (χ1v) is 9.24. The first-order valence-electron chi connectivity index (χ1n) is 6.79.